The van der Waals surface area contributed by atoms with E-state index in [1.54, 1.807) is 6.92 Å². The molecule has 0 saturated heterocycles. The molecule has 0 saturated carbocycles. The van der Waals surface area contributed by atoms with Gasteiger partial charge in [0, 0.05) is 18.4 Å². The van der Waals surface area contributed by atoms with Crippen LogP contribution in [0.15, 0.2) is 22.6 Å². The van der Waals surface area contributed by atoms with Crippen molar-refractivity contribution in [1.82, 2.24) is 0 Å². The van der Waals surface area contributed by atoms with Gasteiger partial charge in [-0.1, -0.05) is 39.8 Å². The molecule has 0 spiro atoms. The number of carbonyl (C=O) groups is 2. The number of Topliss-reactive ketones (excluding diaryl/α,β-unsaturated/α-hetero) is 1. The Labute approximate surface area is 154 Å². The van der Waals surface area contributed by atoms with Crippen LogP contribution in [0.5, 0.6) is 5.75 Å². The molecule has 0 unspecified atom stereocenters. The highest BCUT2D eigenvalue weighted by Gasteiger charge is 2.37. The zero-order chi connectivity index (χ0) is 19.2. The maximum Gasteiger partial charge on any atom is 0.379 e. The fourth-order valence-corrected chi connectivity index (χ4v) is 3.63. The van der Waals surface area contributed by atoms with Gasteiger partial charge in [0.15, 0.2) is 5.78 Å². The van der Waals surface area contributed by atoms with E-state index in [9.17, 15) is 9.59 Å². The predicted molar refractivity (Wildman–Crippen MR) is 100 cm³/mol. The summed E-state index contributed by atoms with van der Waals surface area (Å²) in [6, 6.07) is 5.85. The zero-order valence-corrected chi connectivity index (χ0v) is 16.4. The zero-order valence-electron chi connectivity index (χ0n) is 16.4. The third kappa shape index (κ3) is 3.33. The van der Waals surface area contributed by atoms with E-state index in [0.29, 0.717) is 35.5 Å². The lowest BCUT2D eigenvalue weighted by Gasteiger charge is -2.27. The minimum atomic E-state index is -0.546. The van der Waals surface area contributed by atoms with Crippen molar-refractivity contribution in [3.63, 3.8) is 0 Å². The number of esters is 1. The maximum absolute atomic E-state index is 12.8. The molecule has 3 rings (SSSR count). The number of benzene rings is 1. The summed E-state index contributed by atoms with van der Waals surface area (Å²) in [7, 11) is 0. The van der Waals surface area contributed by atoms with Crippen molar-refractivity contribution in [3.8, 4) is 5.75 Å². The van der Waals surface area contributed by atoms with Crippen LogP contribution in [0, 0.1) is 19.3 Å². The van der Waals surface area contributed by atoms with Gasteiger partial charge >= 0.3 is 5.97 Å². The molecule has 1 aromatic carbocycles. The Kier molecular flexibility index (Phi) is 4.55. The van der Waals surface area contributed by atoms with Gasteiger partial charge in [0.25, 0.3) is 0 Å². The van der Waals surface area contributed by atoms with Crippen LogP contribution in [-0.4, -0.2) is 11.8 Å². The first-order valence-electron chi connectivity index (χ1n) is 9.07. The van der Waals surface area contributed by atoms with E-state index in [-0.39, 0.29) is 22.9 Å². The van der Waals surface area contributed by atoms with Gasteiger partial charge in [0.05, 0.1) is 5.56 Å². The molecular formula is C22H26O4. The number of aryl methyl sites for hydroxylation is 1. The Morgan fingerprint density at radius 1 is 1.19 bits per heavy atom. The molecule has 0 aliphatic heterocycles. The van der Waals surface area contributed by atoms with Gasteiger partial charge in [0.1, 0.15) is 11.5 Å². The van der Waals surface area contributed by atoms with Gasteiger partial charge in [-0.15, -0.1) is 0 Å². The number of ketones is 1. The molecule has 0 N–H and O–H groups in total. The van der Waals surface area contributed by atoms with Crippen molar-refractivity contribution in [3.05, 3.63) is 52.0 Å². The summed E-state index contributed by atoms with van der Waals surface area (Å²) < 4.78 is 11.5. The molecule has 0 fully saturated rings. The summed E-state index contributed by atoms with van der Waals surface area (Å²) in [5, 5.41) is 0. The average Bonchev–Trinajstić information content (AvgIpc) is 2.82. The van der Waals surface area contributed by atoms with Crippen molar-refractivity contribution in [2.45, 2.75) is 60.3 Å². The fraction of sp³-hybridized carbons (Fsp3) is 0.455. The molecule has 138 valence electrons. The van der Waals surface area contributed by atoms with E-state index < -0.39 is 5.97 Å². The monoisotopic (exact) mass is 354 g/mol. The number of hydrogen-bond donors (Lipinski definition) is 0. The smallest absolute Gasteiger partial charge is 0.379 e. The second kappa shape index (κ2) is 6.42. The third-order valence-corrected chi connectivity index (χ3v) is 4.96. The first-order valence-corrected chi connectivity index (χ1v) is 9.07. The van der Waals surface area contributed by atoms with E-state index in [0.717, 1.165) is 11.1 Å². The molecule has 0 bridgehead atoms. The second-order valence-corrected chi connectivity index (χ2v) is 8.38. The highest BCUT2D eigenvalue weighted by atomic mass is 16.5. The Hall–Kier alpha value is -2.36. The minimum Gasteiger partial charge on any atom is -0.453 e. The molecule has 4 heteroatoms. The van der Waals surface area contributed by atoms with E-state index in [1.807, 2.05) is 39.0 Å². The van der Waals surface area contributed by atoms with Gasteiger partial charge in [0.2, 0.25) is 5.76 Å². The van der Waals surface area contributed by atoms with Crippen LogP contribution in [0.2, 0.25) is 0 Å². The number of furan rings is 1. The van der Waals surface area contributed by atoms with Crippen LogP contribution in [0.3, 0.4) is 0 Å². The van der Waals surface area contributed by atoms with Gasteiger partial charge in [-0.25, -0.2) is 4.79 Å². The molecule has 1 heterocycles. The molecule has 1 aliphatic carbocycles. The van der Waals surface area contributed by atoms with Gasteiger partial charge < -0.3 is 9.15 Å². The Morgan fingerprint density at radius 3 is 2.54 bits per heavy atom. The molecule has 2 aromatic rings. The number of carbonyl (C=O) groups excluding carboxylic acids is 2. The summed E-state index contributed by atoms with van der Waals surface area (Å²) in [5.41, 5.74) is 2.98. The predicted octanol–water partition coefficient (Wildman–Crippen LogP) is 5.39. The van der Waals surface area contributed by atoms with E-state index >= 15 is 0 Å². The van der Waals surface area contributed by atoms with Crippen LogP contribution in [-0.2, 0) is 6.42 Å². The molecule has 4 nitrogen and oxygen atoms in total. The summed E-state index contributed by atoms with van der Waals surface area (Å²) in [4.78, 5) is 25.3. The summed E-state index contributed by atoms with van der Waals surface area (Å²) in [6.07, 6.45) is 1.11. The number of fused-ring (bicyclic) bond motifs is 1. The van der Waals surface area contributed by atoms with E-state index in [2.05, 4.69) is 13.8 Å². The lowest BCUT2D eigenvalue weighted by Crippen LogP contribution is -2.26. The van der Waals surface area contributed by atoms with Crippen LogP contribution in [0.1, 0.15) is 83.4 Å². The van der Waals surface area contributed by atoms with Gasteiger partial charge in [-0.05, 0) is 42.4 Å². The molecule has 26 heavy (non-hydrogen) atoms. The minimum absolute atomic E-state index is 0.0370. The summed E-state index contributed by atoms with van der Waals surface area (Å²) >= 11 is 0. The first kappa shape index (κ1) is 18.4. The van der Waals surface area contributed by atoms with Crippen LogP contribution >= 0.6 is 0 Å². The summed E-state index contributed by atoms with van der Waals surface area (Å²) in [6.45, 7) is 11.9. The fourth-order valence-electron chi connectivity index (χ4n) is 3.63. The number of hydrogen-bond acceptors (Lipinski definition) is 4. The average molecular weight is 354 g/mol. The number of ether oxygens (including phenoxy) is 1. The van der Waals surface area contributed by atoms with Gasteiger partial charge in [-0.2, -0.15) is 0 Å². The van der Waals surface area contributed by atoms with Crippen LogP contribution in [0.4, 0.5) is 0 Å². The van der Waals surface area contributed by atoms with Gasteiger partial charge in [-0.3, -0.25) is 4.79 Å². The molecule has 1 aliphatic rings. The molecular weight excluding hydrogens is 328 g/mol. The second-order valence-electron chi connectivity index (χ2n) is 8.38. The lowest BCUT2D eigenvalue weighted by atomic mass is 9.76. The lowest BCUT2D eigenvalue weighted by molar-refractivity contribution is 0.0693. The molecule has 0 amide bonds. The molecule has 0 atom stereocenters. The van der Waals surface area contributed by atoms with Crippen LogP contribution in [0.25, 0.3) is 0 Å². The van der Waals surface area contributed by atoms with Crippen LogP contribution < -0.4 is 4.74 Å². The normalized spacial score (nSPS) is 15.9. The van der Waals surface area contributed by atoms with Crippen molar-refractivity contribution in [2.24, 2.45) is 5.41 Å². The Bertz CT molecular complexity index is 884. The SMILES string of the molecule is Cc1ccc(C(C)C)c(OC(=O)c2oc3c(c2C)C(=O)CC(C)(C)C3)c1. The standard InChI is InChI=1S/C22H26O4/c1-12(2)15-8-7-13(3)9-17(15)26-21(24)20-14(4)19-16(23)10-22(5,6)11-18(19)25-20/h7-9,12H,10-11H2,1-6H3. The van der Waals surface area contributed by atoms with Crippen molar-refractivity contribution in [2.75, 3.05) is 0 Å². The van der Waals surface area contributed by atoms with Crippen molar-refractivity contribution < 1.29 is 18.7 Å². The first-order chi connectivity index (χ1) is 12.1. The Balaban J connectivity index is 1.96. The molecule has 0 radical (unpaired) electrons. The van der Waals surface area contributed by atoms with E-state index in [1.165, 1.54) is 0 Å². The Morgan fingerprint density at radius 2 is 1.88 bits per heavy atom. The summed E-state index contributed by atoms with van der Waals surface area (Å²) in [5.74, 6) is 1.00. The topological polar surface area (TPSA) is 56.5 Å². The third-order valence-electron chi connectivity index (χ3n) is 4.96. The highest BCUT2D eigenvalue weighted by molar-refractivity contribution is 6.03. The maximum atomic E-state index is 12.8. The van der Waals surface area contributed by atoms with Crippen molar-refractivity contribution >= 4 is 11.8 Å². The highest BCUT2D eigenvalue weighted by Crippen LogP contribution is 2.39. The van der Waals surface area contributed by atoms with E-state index in [4.69, 9.17) is 9.15 Å². The number of rotatable bonds is 3. The van der Waals surface area contributed by atoms with Crippen molar-refractivity contribution in [1.29, 1.82) is 0 Å². The molecule has 1 aromatic heterocycles. The quantitative estimate of drug-likeness (QED) is 0.547. The largest absolute Gasteiger partial charge is 0.453 e.